The SMILES string of the molecule is Cc1ccc(N)cc1NC(=O)CCCSc1nncn1C. The molecule has 0 saturated heterocycles. The van der Waals surface area contributed by atoms with Crippen molar-refractivity contribution < 1.29 is 4.79 Å². The molecule has 1 amide bonds. The first-order valence-corrected chi connectivity index (χ1v) is 7.67. The summed E-state index contributed by atoms with van der Waals surface area (Å²) in [6.07, 6.45) is 2.92. The zero-order valence-electron chi connectivity index (χ0n) is 12.2. The highest BCUT2D eigenvalue weighted by Crippen LogP contribution is 2.19. The average Bonchev–Trinajstić information content (AvgIpc) is 2.84. The van der Waals surface area contributed by atoms with Gasteiger partial charge in [0.05, 0.1) is 0 Å². The maximum atomic E-state index is 11.9. The molecule has 0 radical (unpaired) electrons. The smallest absolute Gasteiger partial charge is 0.224 e. The van der Waals surface area contributed by atoms with E-state index in [1.165, 1.54) is 0 Å². The Morgan fingerprint density at radius 2 is 2.29 bits per heavy atom. The largest absolute Gasteiger partial charge is 0.399 e. The molecular weight excluding hydrogens is 286 g/mol. The Morgan fingerprint density at radius 3 is 3.00 bits per heavy atom. The van der Waals surface area contributed by atoms with Crippen LogP contribution in [0.5, 0.6) is 0 Å². The van der Waals surface area contributed by atoms with Gasteiger partial charge in [-0.2, -0.15) is 0 Å². The number of aryl methyl sites for hydroxylation is 2. The summed E-state index contributed by atoms with van der Waals surface area (Å²) in [5.74, 6) is 0.831. The normalized spacial score (nSPS) is 10.6. The number of nitrogens with two attached hydrogens (primary N) is 1. The molecule has 3 N–H and O–H groups in total. The minimum absolute atomic E-state index is 0.00210. The number of benzene rings is 1. The second kappa shape index (κ2) is 7.12. The van der Waals surface area contributed by atoms with Crippen molar-refractivity contribution >= 4 is 29.0 Å². The lowest BCUT2D eigenvalue weighted by Crippen LogP contribution is -2.12. The van der Waals surface area contributed by atoms with Crippen molar-refractivity contribution in [2.75, 3.05) is 16.8 Å². The Hall–Kier alpha value is -2.02. The zero-order chi connectivity index (χ0) is 15.2. The summed E-state index contributed by atoms with van der Waals surface area (Å²) in [6.45, 7) is 1.94. The number of carbonyl (C=O) groups is 1. The maximum absolute atomic E-state index is 11.9. The first kappa shape index (κ1) is 15.4. The lowest BCUT2D eigenvalue weighted by Gasteiger charge is -2.09. The quantitative estimate of drug-likeness (QED) is 0.485. The van der Waals surface area contributed by atoms with Crippen LogP contribution in [-0.2, 0) is 11.8 Å². The molecule has 0 aliphatic rings. The first-order chi connectivity index (χ1) is 10.1. The molecule has 2 aromatic rings. The van der Waals surface area contributed by atoms with E-state index in [1.807, 2.05) is 30.7 Å². The molecule has 0 aliphatic carbocycles. The van der Waals surface area contributed by atoms with E-state index in [1.54, 1.807) is 24.2 Å². The Labute approximate surface area is 128 Å². The van der Waals surface area contributed by atoms with Crippen LogP contribution in [0.4, 0.5) is 11.4 Å². The van der Waals surface area contributed by atoms with E-state index in [0.717, 1.165) is 28.6 Å². The van der Waals surface area contributed by atoms with Crippen LogP contribution >= 0.6 is 11.8 Å². The fourth-order valence-electron chi connectivity index (χ4n) is 1.79. The topological polar surface area (TPSA) is 85.8 Å². The summed E-state index contributed by atoms with van der Waals surface area (Å²) < 4.78 is 1.86. The van der Waals surface area contributed by atoms with Gasteiger partial charge in [0.2, 0.25) is 5.91 Å². The molecule has 1 aromatic carbocycles. The van der Waals surface area contributed by atoms with Crippen molar-refractivity contribution in [1.29, 1.82) is 0 Å². The zero-order valence-corrected chi connectivity index (χ0v) is 13.0. The Bertz CT molecular complexity index is 626. The summed E-state index contributed by atoms with van der Waals surface area (Å²) >= 11 is 1.60. The average molecular weight is 305 g/mol. The van der Waals surface area contributed by atoms with E-state index in [9.17, 15) is 4.79 Å². The van der Waals surface area contributed by atoms with Crippen LogP contribution in [0.15, 0.2) is 29.7 Å². The summed E-state index contributed by atoms with van der Waals surface area (Å²) in [7, 11) is 1.90. The van der Waals surface area contributed by atoms with Crippen molar-refractivity contribution in [3.8, 4) is 0 Å². The maximum Gasteiger partial charge on any atom is 0.224 e. The molecule has 1 heterocycles. The van der Waals surface area contributed by atoms with Crippen LogP contribution in [0.1, 0.15) is 18.4 Å². The third-order valence-electron chi connectivity index (χ3n) is 2.98. The number of hydrogen-bond donors (Lipinski definition) is 2. The number of hydrogen-bond acceptors (Lipinski definition) is 5. The third-order valence-corrected chi connectivity index (χ3v) is 4.11. The van der Waals surface area contributed by atoms with Crippen molar-refractivity contribution in [2.45, 2.75) is 24.9 Å². The molecule has 0 saturated carbocycles. The Kier molecular flexibility index (Phi) is 5.21. The lowest BCUT2D eigenvalue weighted by molar-refractivity contribution is -0.116. The van der Waals surface area contributed by atoms with Gasteiger partial charge in [0, 0.05) is 30.6 Å². The molecule has 0 spiro atoms. The Morgan fingerprint density at radius 1 is 1.48 bits per heavy atom. The van der Waals surface area contributed by atoms with Gasteiger partial charge in [-0.05, 0) is 31.0 Å². The van der Waals surface area contributed by atoms with Gasteiger partial charge in [0.25, 0.3) is 0 Å². The van der Waals surface area contributed by atoms with Crippen molar-refractivity contribution in [3.05, 3.63) is 30.1 Å². The number of rotatable bonds is 6. The molecule has 7 heteroatoms. The van der Waals surface area contributed by atoms with Crippen LogP contribution in [0.3, 0.4) is 0 Å². The third kappa shape index (κ3) is 4.49. The van der Waals surface area contributed by atoms with Gasteiger partial charge in [-0.15, -0.1) is 10.2 Å². The number of thioether (sulfide) groups is 1. The van der Waals surface area contributed by atoms with Crippen LogP contribution in [-0.4, -0.2) is 26.4 Å². The van der Waals surface area contributed by atoms with Gasteiger partial charge < -0.3 is 15.6 Å². The summed E-state index contributed by atoms with van der Waals surface area (Å²) in [5, 5.41) is 11.6. The Balaban J connectivity index is 1.75. The monoisotopic (exact) mass is 305 g/mol. The first-order valence-electron chi connectivity index (χ1n) is 6.69. The minimum Gasteiger partial charge on any atom is -0.399 e. The van der Waals surface area contributed by atoms with Crippen LogP contribution in [0.2, 0.25) is 0 Å². The molecule has 112 valence electrons. The number of nitrogens with one attached hydrogen (secondary N) is 1. The molecule has 2 rings (SSSR count). The number of anilines is 2. The summed E-state index contributed by atoms with van der Waals surface area (Å²) in [5.41, 5.74) is 8.15. The van der Waals surface area contributed by atoms with Gasteiger partial charge in [0.15, 0.2) is 5.16 Å². The highest BCUT2D eigenvalue weighted by Gasteiger charge is 2.06. The number of aromatic nitrogens is 3. The number of nitrogens with zero attached hydrogens (tertiary/aromatic N) is 3. The van der Waals surface area contributed by atoms with Gasteiger partial charge in [-0.25, -0.2) is 0 Å². The van der Waals surface area contributed by atoms with E-state index in [4.69, 9.17) is 5.73 Å². The number of amides is 1. The fourth-order valence-corrected chi connectivity index (χ4v) is 2.61. The molecule has 21 heavy (non-hydrogen) atoms. The van der Waals surface area contributed by atoms with Gasteiger partial charge in [-0.3, -0.25) is 4.79 Å². The second-order valence-electron chi connectivity index (χ2n) is 4.80. The molecule has 0 bridgehead atoms. The van der Waals surface area contributed by atoms with E-state index < -0.39 is 0 Å². The number of carbonyl (C=O) groups excluding carboxylic acids is 1. The molecule has 0 aliphatic heterocycles. The molecule has 0 fully saturated rings. The van der Waals surface area contributed by atoms with Crippen molar-refractivity contribution in [1.82, 2.24) is 14.8 Å². The highest BCUT2D eigenvalue weighted by molar-refractivity contribution is 7.99. The van der Waals surface area contributed by atoms with Gasteiger partial charge in [0.1, 0.15) is 6.33 Å². The molecule has 6 nitrogen and oxygen atoms in total. The van der Waals surface area contributed by atoms with Gasteiger partial charge >= 0.3 is 0 Å². The van der Waals surface area contributed by atoms with Gasteiger partial charge in [-0.1, -0.05) is 17.8 Å². The summed E-state index contributed by atoms with van der Waals surface area (Å²) in [4.78, 5) is 11.9. The predicted octanol–water partition coefficient (Wildman–Crippen LogP) is 2.22. The van der Waals surface area contributed by atoms with E-state index >= 15 is 0 Å². The van der Waals surface area contributed by atoms with Crippen LogP contribution < -0.4 is 11.1 Å². The standard InChI is InChI=1S/C14H19N5OS/c1-10-5-6-11(15)8-12(10)17-13(20)4-3-7-21-14-18-16-9-19(14)2/h5-6,8-9H,3-4,7,15H2,1-2H3,(H,17,20). The summed E-state index contributed by atoms with van der Waals surface area (Å²) in [6, 6.07) is 5.50. The second-order valence-corrected chi connectivity index (χ2v) is 5.86. The fraction of sp³-hybridized carbons (Fsp3) is 0.357. The van der Waals surface area contributed by atoms with Crippen LogP contribution in [0, 0.1) is 6.92 Å². The molecular formula is C14H19N5OS. The van der Waals surface area contributed by atoms with Crippen molar-refractivity contribution in [2.24, 2.45) is 7.05 Å². The van der Waals surface area contributed by atoms with E-state index in [0.29, 0.717) is 12.1 Å². The molecule has 1 aromatic heterocycles. The predicted molar refractivity (Wildman–Crippen MR) is 85.2 cm³/mol. The molecule has 0 atom stereocenters. The van der Waals surface area contributed by atoms with Crippen LogP contribution in [0.25, 0.3) is 0 Å². The molecule has 0 unspecified atom stereocenters. The highest BCUT2D eigenvalue weighted by atomic mass is 32.2. The van der Waals surface area contributed by atoms with E-state index in [2.05, 4.69) is 15.5 Å². The van der Waals surface area contributed by atoms with E-state index in [-0.39, 0.29) is 5.91 Å². The number of nitrogen functional groups attached to an aromatic ring is 1. The minimum atomic E-state index is 0.00210. The lowest BCUT2D eigenvalue weighted by atomic mass is 10.1. The van der Waals surface area contributed by atoms with Crippen molar-refractivity contribution in [3.63, 3.8) is 0 Å².